The van der Waals surface area contributed by atoms with E-state index in [2.05, 4.69) is 12.2 Å². The molecule has 3 N–H and O–H groups in total. The number of nitrogens with one attached hydrogen (secondary N) is 1. The van der Waals surface area contributed by atoms with Gasteiger partial charge in [0.15, 0.2) is 0 Å². The lowest BCUT2D eigenvalue weighted by Gasteiger charge is -2.57. The number of rotatable bonds is 4. The van der Waals surface area contributed by atoms with Crippen LogP contribution in [0.5, 0.6) is 0 Å². The Kier molecular flexibility index (Phi) is 6.16. The summed E-state index contributed by atoms with van der Waals surface area (Å²) in [5.74, 6) is -0.000281. The molecule has 0 aliphatic heterocycles. The number of halogens is 1. The summed E-state index contributed by atoms with van der Waals surface area (Å²) in [5, 5.41) is 3.28. The summed E-state index contributed by atoms with van der Waals surface area (Å²) in [5.41, 5.74) is 8.28. The molecule has 2 saturated carbocycles. The van der Waals surface area contributed by atoms with E-state index in [1.807, 2.05) is 19.1 Å². The van der Waals surface area contributed by atoms with E-state index in [0.717, 1.165) is 18.6 Å². The van der Waals surface area contributed by atoms with E-state index < -0.39 is 0 Å². The Labute approximate surface area is 150 Å². The lowest BCUT2D eigenvalue weighted by Crippen LogP contribution is -2.65. The van der Waals surface area contributed by atoms with Crippen molar-refractivity contribution in [3.63, 3.8) is 0 Å². The van der Waals surface area contributed by atoms with E-state index in [9.17, 15) is 4.79 Å². The van der Waals surface area contributed by atoms with E-state index in [-0.39, 0.29) is 29.8 Å². The molecule has 2 aliphatic carbocycles. The highest BCUT2D eigenvalue weighted by atomic mass is 35.5. The van der Waals surface area contributed by atoms with Gasteiger partial charge in [0.05, 0.1) is 6.10 Å². The zero-order chi connectivity index (χ0) is 16.4. The van der Waals surface area contributed by atoms with Crippen LogP contribution in [0.4, 0.5) is 5.69 Å². The Morgan fingerprint density at radius 1 is 1.33 bits per heavy atom. The van der Waals surface area contributed by atoms with Gasteiger partial charge >= 0.3 is 0 Å². The van der Waals surface area contributed by atoms with E-state index in [4.69, 9.17) is 10.5 Å². The van der Waals surface area contributed by atoms with Gasteiger partial charge in [-0.2, -0.15) is 0 Å². The van der Waals surface area contributed by atoms with Crippen molar-refractivity contribution in [2.45, 2.75) is 64.5 Å². The summed E-state index contributed by atoms with van der Waals surface area (Å²) >= 11 is 0. The molecular weight excluding hydrogens is 324 g/mol. The highest BCUT2D eigenvalue weighted by Gasteiger charge is 2.56. The molecule has 2 aliphatic rings. The maximum absolute atomic E-state index is 12.7. The molecule has 1 amide bonds. The van der Waals surface area contributed by atoms with Crippen LogP contribution in [-0.4, -0.2) is 24.7 Å². The van der Waals surface area contributed by atoms with Gasteiger partial charge in [-0.15, -0.1) is 12.4 Å². The molecule has 2 atom stereocenters. The first-order valence-corrected chi connectivity index (χ1v) is 8.85. The summed E-state index contributed by atoms with van der Waals surface area (Å²) in [6, 6.07) is 5.75. The Bertz CT molecular complexity index is 585. The Balaban J connectivity index is 0.00000208. The summed E-state index contributed by atoms with van der Waals surface area (Å²) < 4.78 is 5.96. The van der Waals surface area contributed by atoms with Crippen molar-refractivity contribution >= 4 is 24.0 Å². The third-order valence-corrected chi connectivity index (χ3v) is 5.75. The second kappa shape index (κ2) is 7.75. The van der Waals surface area contributed by atoms with Gasteiger partial charge in [0, 0.05) is 29.3 Å². The molecule has 1 spiro atoms. The summed E-state index contributed by atoms with van der Waals surface area (Å²) in [7, 11) is 0. The minimum Gasteiger partial charge on any atom is -0.399 e. The van der Waals surface area contributed by atoms with Crippen LogP contribution in [0.25, 0.3) is 0 Å². The fraction of sp³-hybridized carbons (Fsp3) is 0.632. The van der Waals surface area contributed by atoms with E-state index >= 15 is 0 Å². The van der Waals surface area contributed by atoms with Crippen LogP contribution in [0.2, 0.25) is 0 Å². The average Bonchev–Trinajstić information content (AvgIpc) is 2.56. The quantitative estimate of drug-likeness (QED) is 0.809. The Morgan fingerprint density at radius 2 is 2.04 bits per heavy atom. The molecule has 4 nitrogen and oxygen atoms in total. The fourth-order valence-electron chi connectivity index (χ4n) is 4.39. The molecule has 5 heteroatoms. The number of carbonyl (C=O) groups excluding carboxylic acids is 1. The molecule has 134 valence electrons. The Hall–Kier alpha value is -1.26. The van der Waals surface area contributed by atoms with E-state index in [1.54, 1.807) is 6.07 Å². The molecule has 2 fully saturated rings. The maximum Gasteiger partial charge on any atom is 0.251 e. The minimum absolute atomic E-state index is 0. The van der Waals surface area contributed by atoms with Crippen LogP contribution < -0.4 is 11.1 Å². The molecule has 3 rings (SSSR count). The predicted molar refractivity (Wildman–Crippen MR) is 99.6 cm³/mol. The van der Waals surface area contributed by atoms with Crippen LogP contribution in [-0.2, 0) is 4.74 Å². The number of hydrogen-bond acceptors (Lipinski definition) is 3. The van der Waals surface area contributed by atoms with Gasteiger partial charge in [0.25, 0.3) is 5.91 Å². The van der Waals surface area contributed by atoms with Crippen molar-refractivity contribution < 1.29 is 9.53 Å². The van der Waals surface area contributed by atoms with Crippen molar-refractivity contribution in [2.75, 3.05) is 12.3 Å². The fourth-order valence-corrected chi connectivity index (χ4v) is 4.39. The van der Waals surface area contributed by atoms with Crippen molar-refractivity contribution in [1.82, 2.24) is 5.32 Å². The molecule has 0 bridgehead atoms. The smallest absolute Gasteiger partial charge is 0.251 e. The third-order valence-electron chi connectivity index (χ3n) is 5.75. The third kappa shape index (κ3) is 3.40. The number of nitrogens with two attached hydrogens (primary N) is 1. The zero-order valence-electron chi connectivity index (χ0n) is 14.6. The number of anilines is 1. The molecular formula is C19H29ClN2O2. The average molecular weight is 353 g/mol. The standard InChI is InChI=1S/C19H28N2O2.ClH/c1-3-23-17-12-16(19(17)9-5-4-6-10-19)21-18(22)15-11-14(20)8-7-13(15)2;/h7-8,11,16-17H,3-6,9-10,12,20H2,1-2H3,(H,21,22);1H. The molecule has 1 aromatic carbocycles. The number of aryl methyl sites for hydroxylation is 1. The molecule has 0 saturated heterocycles. The molecule has 2 unspecified atom stereocenters. The number of ether oxygens (including phenoxy) is 1. The van der Waals surface area contributed by atoms with Crippen LogP contribution in [0.15, 0.2) is 18.2 Å². The van der Waals surface area contributed by atoms with Gasteiger partial charge in [-0.1, -0.05) is 25.3 Å². The molecule has 1 aromatic rings. The molecule has 0 aromatic heterocycles. The lowest BCUT2D eigenvalue weighted by atomic mass is 9.55. The van der Waals surface area contributed by atoms with Crippen molar-refractivity contribution in [1.29, 1.82) is 0 Å². The highest BCUT2D eigenvalue weighted by Crippen LogP contribution is 2.53. The van der Waals surface area contributed by atoms with Crippen LogP contribution in [0.3, 0.4) is 0 Å². The summed E-state index contributed by atoms with van der Waals surface area (Å²) in [6.07, 6.45) is 7.36. The van der Waals surface area contributed by atoms with Gasteiger partial charge in [-0.25, -0.2) is 0 Å². The zero-order valence-corrected chi connectivity index (χ0v) is 15.5. The summed E-state index contributed by atoms with van der Waals surface area (Å²) in [6.45, 7) is 4.76. The Morgan fingerprint density at radius 3 is 2.71 bits per heavy atom. The highest BCUT2D eigenvalue weighted by molar-refractivity contribution is 5.96. The minimum atomic E-state index is -0.000281. The van der Waals surface area contributed by atoms with Gasteiger partial charge in [0.1, 0.15) is 0 Å². The first-order valence-electron chi connectivity index (χ1n) is 8.85. The number of amides is 1. The van der Waals surface area contributed by atoms with Gasteiger partial charge in [0.2, 0.25) is 0 Å². The van der Waals surface area contributed by atoms with Crippen molar-refractivity contribution in [3.8, 4) is 0 Å². The number of benzene rings is 1. The number of nitrogen functional groups attached to an aromatic ring is 1. The second-order valence-electron chi connectivity index (χ2n) is 7.07. The predicted octanol–water partition coefficient (Wildman–Crippen LogP) is 3.86. The van der Waals surface area contributed by atoms with E-state index in [0.29, 0.717) is 17.4 Å². The molecule has 24 heavy (non-hydrogen) atoms. The first kappa shape index (κ1) is 19.1. The molecule has 0 heterocycles. The normalized spacial score (nSPS) is 24.8. The number of hydrogen-bond donors (Lipinski definition) is 2. The van der Waals surface area contributed by atoms with Crippen molar-refractivity contribution in [3.05, 3.63) is 29.3 Å². The van der Waals surface area contributed by atoms with Gasteiger partial charge < -0.3 is 15.8 Å². The largest absolute Gasteiger partial charge is 0.399 e. The molecule has 0 radical (unpaired) electrons. The van der Waals surface area contributed by atoms with Gasteiger partial charge in [-0.3, -0.25) is 4.79 Å². The van der Waals surface area contributed by atoms with Crippen LogP contribution in [0.1, 0.15) is 61.4 Å². The maximum atomic E-state index is 12.7. The van der Waals surface area contributed by atoms with E-state index in [1.165, 1.54) is 32.1 Å². The monoisotopic (exact) mass is 352 g/mol. The first-order chi connectivity index (χ1) is 11.1. The van der Waals surface area contributed by atoms with Crippen LogP contribution >= 0.6 is 12.4 Å². The van der Waals surface area contributed by atoms with Gasteiger partial charge in [-0.05, 0) is 50.8 Å². The topological polar surface area (TPSA) is 64.3 Å². The SMILES string of the molecule is CCOC1CC(NC(=O)c2cc(N)ccc2C)C12CCCCC2.Cl. The van der Waals surface area contributed by atoms with Crippen LogP contribution in [0, 0.1) is 12.3 Å². The second-order valence-corrected chi connectivity index (χ2v) is 7.07. The summed E-state index contributed by atoms with van der Waals surface area (Å²) in [4.78, 5) is 12.7. The van der Waals surface area contributed by atoms with Crippen molar-refractivity contribution in [2.24, 2.45) is 5.41 Å². The lowest BCUT2D eigenvalue weighted by molar-refractivity contribution is -0.146. The number of carbonyl (C=O) groups is 1.